The Morgan fingerprint density at radius 3 is 1.71 bits per heavy atom. The summed E-state index contributed by atoms with van der Waals surface area (Å²) in [5, 5.41) is 135. The number of aliphatic hydroxyl groups excluding tert-OH is 11. The third-order valence-electron chi connectivity index (χ3n) is 20.8. The van der Waals surface area contributed by atoms with Crippen LogP contribution in [0.1, 0.15) is 120 Å². The van der Waals surface area contributed by atoms with Crippen molar-refractivity contribution in [1.82, 2.24) is 0 Å². The zero-order valence-electron chi connectivity index (χ0n) is 49.3. The summed E-state index contributed by atoms with van der Waals surface area (Å²) in [5.41, 5.74) is 0.377. The zero-order valence-corrected chi connectivity index (χ0v) is 50.1. The molecule has 0 spiro atoms. The van der Waals surface area contributed by atoms with Gasteiger partial charge in [0.15, 0.2) is 31.5 Å². The van der Waals surface area contributed by atoms with Crippen LogP contribution in [0.4, 0.5) is 0 Å². The van der Waals surface area contributed by atoms with E-state index in [1.54, 1.807) is 0 Å². The van der Waals surface area contributed by atoms with Gasteiger partial charge in [0.25, 0.3) is 0 Å². The molecular weight excluding hydrogens is 1130 g/mol. The van der Waals surface area contributed by atoms with Crippen LogP contribution in [0, 0.1) is 40.4 Å². The number of hydrogen-bond donors (Lipinski definition) is 13. The largest absolute Gasteiger partial charge is 0.397 e. The molecule has 4 aliphatic carbocycles. The van der Waals surface area contributed by atoms with E-state index in [1.807, 2.05) is 6.92 Å². The summed E-state index contributed by atoms with van der Waals surface area (Å²) < 4.78 is 101. The summed E-state index contributed by atoms with van der Waals surface area (Å²) in [6.45, 7) is 19.9. The molecule has 84 heavy (non-hydrogen) atoms. The molecule has 8 fully saturated rings. The molecule has 26 nitrogen and oxygen atoms in total. The van der Waals surface area contributed by atoms with Crippen LogP contribution in [0.3, 0.4) is 0 Å². The molecule has 0 aromatic rings. The summed E-state index contributed by atoms with van der Waals surface area (Å²) >= 11 is 0. The van der Waals surface area contributed by atoms with Gasteiger partial charge in [-0.15, -0.1) is 0 Å². The second kappa shape index (κ2) is 25.6. The van der Waals surface area contributed by atoms with Gasteiger partial charge in [0.2, 0.25) is 0 Å². The van der Waals surface area contributed by atoms with Crippen LogP contribution in [0.2, 0.25) is 0 Å². The van der Waals surface area contributed by atoms with E-state index in [0.717, 1.165) is 18.4 Å². The molecule has 13 N–H and O–H groups in total. The number of hydrogen-bond acceptors (Lipinski definition) is 25. The van der Waals surface area contributed by atoms with E-state index in [9.17, 15) is 74.2 Å². The summed E-state index contributed by atoms with van der Waals surface area (Å²) in [6.07, 6.45) is -33.5. The second-order valence-electron chi connectivity index (χ2n) is 26.7. The van der Waals surface area contributed by atoms with Gasteiger partial charge >= 0.3 is 10.4 Å². The molecule has 0 bridgehead atoms. The van der Waals surface area contributed by atoms with Crippen molar-refractivity contribution < 1.29 is 126 Å². The lowest BCUT2D eigenvalue weighted by Gasteiger charge is -2.60. The normalized spacial score (nSPS) is 51.7. The highest BCUT2D eigenvalue weighted by Crippen LogP contribution is 2.67. The van der Waals surface area contributed by atoms with Crippen molar-refractivity contribution in [1.29, 1.82) is 0 Å². The maximum Gasteiger partial charge on any atom is 0.397 e. The van der Waals surface area contributed by atoms with Gasteiger partial charge in [0, 0.05) is 0 Å². The van der Waals surface area contributed by atoms with E-state index < -0.39 is 194 Å². The van der Waals surface area contributed by atoms with Gasteiger partial charge in [-0.1, -0.05) is 51.5 Å². The first-order valence-corrected chi connectivity index (χ1v) is 31.3. The van der Waals surface area contributed by atoms with Gasteiger partial charge in [0.05, 0.1) is 48.8 Å². The lowest BCUT2D eigenvalue weighted by Crippen LogP contribution is -2.66. The number of rotatable bonds is 17. The summed E-state index contributed by atoms with van der Waals surface area (Å²) in [4.78, 5) is 0. The van der Waals surface area contributed by atoms with Crippen LogP contribution < -0.4 is 0 Å². The Morgan fingerprint density at radius 2 is 1.14 bits per heavy atom. The van der Waals surface area contributed by atoms with Gasteiger partial charge in [-0.05, 0) is 133 Å². The smallest absolute Gasteiger partial charge is 0.390 e. The first-order valence-electron chi connectivity index (χ1n) is 29.9. The second-order valence-corrected chi connectivity index (χ2v) is 27.7. The van der Waals surface area contributed by atoms with Crippen molar-refractivity contribution in [3.05, 3.63) is 23.8 Å². The fraction of sp³-hybridized carbons (Fsp3) is 0.930. The highest BCUT2D eigenvalue weighted by atomic mass is 32.3. The Hall–Kier alpha value is -1.53. The Morgan fingerprint density at radius 1 is 0.631 bits per heavy atom. The minimum absolute atomic E-state index is 0.0478. The predicted octanol–water partition coefficient (Wildman–Crippen LogP) is -0.662. The molecule has 5 saturated heterocycles. The molecule has 0 aromatic carbocycles. The highest BCUT2D eigenvalue weighted by Gasteiger charge is 2.63. The fourth-order valence-electron chi connectivity index (χ4n) is 15.5. The van der Waals surface area contributed by atoms with E-state index in [0.29, 0.717) is 38.5 Å². The average Bonchev–Trinajstić information content (AvgIpc) is 1.42. The monoisotopic (exact) mass is 1230 g/mol. The van der Waals surface area contributed by atoms with Crippen molar-refractivity contribution in [2.75, 3.05) is 6.61 Å². The van der Waals surface area contributed by atoms with Crippen molar-refractivity contribution >= 4 is 10.4 Å². The summed E-state index contributed by atoms with van der Waals surface area (Å²) in [7, 11) is -4.85. The van der Waals surface area contributed by atoms with E-state index in [2.05, 4.69) is 40.3 Å². The van der Waals surface area contributed by atoms with Gasteiger partial charge < -0.3 is 109 Å². The Labute approximate surface area is 490 Å². The third kappa shape index (κ3) is 13.0. The van der Waals surface area contributed by atoms with Gasteiger partial charge in [-0.2, -0.15) is 8.42 Å². The average molecular weight is 1230 g/mol. The molecule has 484 valence electrons. The maximum atomic E-state index is 12.4. The molecule has 5 aliphatic heterocycles. The Balaban J connectivity index is 0.977. The first-order chi connectivity index (χ1) is 39.2. The quantitative estimate of drug-likeness (QED) is 0.0635. The van der Waals surface area contributed by atoms with Gasteiger partial charge in [-0.25, -0.2) is 4.18 Å². The van der Waals surface area contributed by atoms with E-state index >= 15 is 0 Å². The van der Waals surface area contributed by atoms with Crippen molar-refractivity contribution in [2.45, 2.75) is 285 Å². The lowest BCUT2D eigenvalue weighted by molar-refractivity contribution is -0.397. The van der Waals surface area contributed by atoms with Crippen LogP contribution in [-0.2, 0) is 62.0 Å². The molecule has 0 unspecified atom stereocenters. The van der Waals surface area contributed by atoms with Crippen molar-refractivity contribution in [2.24, 2.45) is 40.4 Å². The highest BCUT2D eigenvalue weighted by molar-refractivity contribution is 7.80. The van der Waals surface area contributed by atoms with E-state index in [-0.39, 0.29) is 35.5 Å². The lowest BCUT2D eigenvalue weighted by atomic mass is 9.47. The van der Waals surface area contributed by atoms with Crippen LogP contribution in [0.15, 0.2) is 23.8 Å². The zero-order chi connectivity index (χ0) is 61.6. The number of aliphatic hydroxyl groups is 12. The van der Waals surface area contributed by atoms with Crippen LogP contribution >= 0.6 is 0 Å². The van der Waals surface area contributed by atoms with E-state index in [1.165, 1.54) is 33.3 Å². The van der Waals surface area contributed by atoms with Crippen LogP contribution in [0.5, 0.6) is 0 Å². The molecule has 27 heteroatoms. The molecule has 0 radical (unpaired) electrons. The molecule has 5 heterocycles. The SMILES string of the molecule is C=C(CC[C@](C)(O)[C@H]1CC[C@H]2[C@@H]3C[C@H](O[C@@H]4O[C@H](C)[C@@H](O)[C@H](O[C@@H]5OC[C@@H](O[C@@H]6O[C@H](C)[C@H](O)[C@H](O)[C@H]6O[C@@H]6O[C@H](C)[C@H](O)[C@H](O)[C@H]6O)[C@H](O)[C@H]5O[C@@H]5O[C@H](C)[C@@H](O)[C@H](O)[C@H]5O)[C@H]4O)[C@H]4C[C@@H](OS(=O)(=O)O)CC[C@]4(C)C3=CC[C@@]21C)C(C)C. The van der Waals surface area contributed by atoms with Crippen LogP contribution in [0.25, 0.3) is 0 Å². The molecule has 3 saturated carbocycles. The standard InChI is InChI=1S/C57H94O26S/c1-22(2)23(3)13-18-57(10,69)35-12-11-30-29-20-33(32-19-28(83-84(70,71)72)14-16-55(32,8)31(29)15-17-56(30,35)9)78-52-46(68)47(39(61)27(7)76-52)80-53-48(81-50-44(66)41(63)36(58)24(4)74-50)40(62)34(21-73-53)79-54-49(43(65)38(60)26(6)77-54)82-51-45(67)42(64)37(59)25(5)75-51/h15,22,24-30,32-54,58-69H,3,11-14,16-21H2,1-2,4-10H3,(H,70,71,72)/t24-,25-,26-,27-,28+,29+,30+,32-,33+,34-,35+,36-,37+,38+,39-,40+,41+,42+,43+,44-,45-,46-,47+,48-,49-,50+,51+,52+,53+,54+,55-,56+,57+/m1/s1. The molecule has 9 aliphatic rings. The fourth-order valence-corrected chi connectivity index (χ4v) is 16.1. The first kappa shape index (κ1) is 66.9. The molecular formula is C57H94O26S. The molecule has 0 aromatic heterocycles. The molecule has 0 amide bonds. The maximum absolute atomic E-state index is 12.4. The minimum Gasteiger partial charge on any atom is -0.390 e. The minimum atomic E-state index is -4.85. The molecule has 9 rings (SSSR count). The van der Waals surface area contributed by atoms with E-state index in [4.69, 9.17) is 51.6 Å². The predicted molar refractivity (Wildman–Crippen MR) is 288 cm³/mol. The Bertz CT molecular complexity index is 2400. The number of allylic oxidation sites excluding steroid dienone is 3. The summed E-state index contributed by atoms with van der Waals surface area (Å²) in [6, 6.07) is 0. The van der Waals surface area contributed by atoms with Gasteiger partial charge in [-0.3, -0.25) is 4.55 Å². The van der Waals surface area contributed by atoms with Crippen molar-refractivity contribution in [3.8, 4) is 0 Å². The van der Waals surface area contributed by atoms with Gasteiger partial charge in [0.1, 0.15) is 91.6 Å². The number of ether oxygens (including phenoxy) is 10. The molecule has 33 atom stereocenters. The van der Waals surface area contributed by atoms with Crippen LogP contribution in [-0.4, -0.2) is 246 Å². The Kier molecular flexibility index (Phi) is 20.4. The number of fused-ring (bicyclic) bond motifs is 5. The topological polar surface area (TPSA) is 399 Å². The summed E-state index contributed by atoms with van der Waals surface area (Å²) in [5.74, 6) is -0.204. The third-order valence-corrected chi connectivity index (χ3v) is 21.3. The van der Waals surface area contributed by atoms with Crippen molar-refractivity contribution in [3.63, 3.8) is 0 Å².